The van der Waals surface area contributed by atoms with Crippen molar-refractivity contribution < 1.29 is 19.1 Å². The summed E-state index contributed by atoms with van der Waals surface area (Å²) in [5, 5.41) is 3.48. The molecule has 0 atom stereocenters. The second-order valence-corrected chi connectivity index (χ2v) is 6.24. The quantitative estimate of drug-likeness (QED) is 0.777. The number of hydrogen-bond donors (Lipinski definition) is 1. The van der Waals surface area contributed by atoms with E-state index in [2.05, 4.69) is 5.32 Å². The van der Waals surface area contributed by atoms with Crippen molar-refractivity contribution in [2.45, 2.75) is 0 Å². The second kappa shape index (κ2) is 9.31. The van der Waals surface area contributed by atoms with E-state index in [1.807, 2.05) is 0 Å². The summed E-state index contributed by atoms with van der Waals surface area (Å²) in [6, 6.07) is 11.6. The first kappa shape index (κ1) is 19.9. The molecule has 1 N–H and O–H groups in total. The van der Waals surface area contributed by atoms with Crippen molar-refractivity contribution in [1.82, 2.24) is 4.90 Å². The maximum absolute atomic E-state index is 12.1. The van der Waals surface area contributed by atoms with E-state index < -0.39 is 0 Å². The summed E-state index contributed by atoms with van der Waals surface area (Å²) in [6.07, 6.45) is 0. The maximum Gasteiger partial charge on any atom is 0.260 e. The van der Waals surface area contributed by atoms with Crippen LogP contribution >= 0.6 is 23.2 Å². The highest BCUT2D eigenvalue weighted by atomic mass is 35.5. The molecule has 2 amide bonds. The fourth-order valence-corrected chi connectivity index (χ4v) is 2.51. The highest BCUT2D eigenvalue weighted by Gasteiger charge is 2.15. The van der Waals surface area contributed by atoms with Gasteiger partial charge >= 0.3 is 0 Å². The summed E-state index contributed by atoms with van der Waals surface area (Å²) in [7, 11) is 3.06. The molecular formula is C18H18Cl2N2O4. The second-order valence-electron chi connectivity index (χ2n) is 5.39. The third-order valence-electron chi connectivity index (χ3n) is 3.41. The van der Waals surface area contributed by atoms with Crippen LogP contribution in [0, 0.1) is 0 Å². The molecule has 0 bridgehead atoms. The van der Waals surface area contributed by atoms with E-state index in [1.54, 1.807) is 43.5 Å². The van der Waals surface area contributed by atoms with E-state index in [0.717, 1.165) is 0 Å². The predicted octanol–water partition coefficient (Wildman–Crippen LogP) is 3.48. The van der Waals surface area contributed by atoms with Gasteiger partial charge in [-0.1, -0.05) is 29.3 Å². The summed E-state index contributed by atoms with van der Waals surface area (Å²) in [4.78, 5) is 25.4. The first-order valence-corrected chi connectivity index (χ1v) is 8.40. The van der Waals surface area contributed by atoms with Crippen molar-refractivity contribution in [2.24, 2.45) is 0 Å². The molecule has 0 unspecified atom stereocenters. The lowest BCUT2D eigenvalue weighted by molar-refractivity contribution is -0.135. The summed E-state index contributed by atoms with van der Waals surface area (Å²) < 4.78 is 10.5. The maximum atomic E-state index is 12.1. The SMILES string of the molecule is COc1cccc(NC(=O)CN(C)C(=O)COc2ccc(Cl)cc2Cl)c1. The Hall–Kier alpha value is -2.44. The molecule has 2 aromatic carbocycles. The van der Waals surface area contributed by atoms with Crippen LogP contribution in [-0.2, 0) is 9.59 Å². The first-order chi connectivity index (χ1) is 12.4. The Kier molecular flexibility index (Phi) is 7.12. The Bertz CT molecular complexity index is 799. The van der Waals surface area contributed by atoms with Crippen LogP contribution in [0.25, 0.3) is 0 Å². The van der Waals surface area contributed by atoms with Crippen molar-refractivity contribution in [1.29, 1.82) is 0 Å². The zero-order valence-electron chi connectivity index (χ0n) is 14.3. The summed E-state index contributed by atoms with van der Waals surface area (Å²) in [5.41, 5.74) is 0.583. The van der Waals surface area contributed by atoms with Crippen molar-refractivity contribution in [2.75, 3.05) is 32.6 Å². The average molecular weight is 397 g/mol. The van der Waals surface area contributed by atoms with Gasteiger partial charge in [-0.05, 0) is 30.3 Å². The van der Waals surface area contributed by atoms with Crippen molar-refractivity contribution in [3.63, 3.8) is 0 Å². The van der Waals surface area contributed by atoms with Crippen LogP contribution in [-0.4, -0.2) is 44.0 Å². The number of nitrogens with one attached hydrogen (secondary N) is 1. The van der Waals surface area contributed by atoms with Gasteiger partial charge in [-0.2, -0.15) is 0 Å². The molecule has 8 heteroatoms. The molecule has 0 fully saturated rings. The molecule has 0 aliphatic carbocycles. The molecular weight excluding hydrogens is 379 g/mol. The molecule has 2 aromatic rings. The van der Waals surface area contributed by atoms with Gasteiger partial charge in [0.1, 0.15) is 11.5 Å². The highest BCUT2D eigenvalue weighted by Crippen LogP contribution is 2.27. The van der Waals surface area contributed by atoms with Gasteiger partial charge in [0.2, 0.25) is 5.91 Å². The molecule has 0 aromatic heterocycles. The van der Waals surface area contributed by atoms with Gasteiger partial charge in [0.15, 0.2) is 6.61 Å². The average Bonchev–Trinajstić information content (AvgIpc) is 2.60. The normalized spacial score (nSPS) is 10.2. The van der Waals surface area contributed by atoms with Gasteiger partial charge in [-0.15, -0.1) is 0 Å². The van der Waals surface area contributed by atoms with Crippen molar-refractivity contribution in [3.8, 4) is 11.5 Å². The smallest absolute Gasteiger partial charge is 0.260 e. The number of nitrogens with zero attached hydrogens (tertiary/aromatic N) is 1. The van der Waals surface area contributed by atoms with Crippen LogP contribution in [0.3, 0.4) is 0 Å². The Morgan fingerprint density at radius 3 is 2.62 bits per heavy atom. The monoisotopic (exact) mass is 396 g/mol. The van der Waals surface area contributed by atoms with Crippen LogP contribution in [0.4, 0.5) is 5.69 Å². The Labute approximate surface area is 161 Å². The van der Waals surface area contributed by atoms with Crippen LogP contribution < -0.4 is 14.8 Å². The minimum atomic E-state index is -0.364. The number of halogens is 2. The number of likely N-dealkylation sites (N-methyl/N-ethyl adjacent to an activating group) is 1. The number of benzene rings is 2. The number of anilines is 1. The molecule has 0 aliphatic rings. The molecule has 2 rings (SSSR count). The molecule has 0 saturated heterocycles. The minimum Gasteiger partial charge on any atom is -0.497 e. The summed E-state index contributed by atoms with van der Waals surface area (Å²) >= 11 is 11.8. The number of hydrogen-bond acceptors (Lipinski definition) is 4. The molecule has 6 nitrogen and oxygen atoms in total. The fraction of sp³-hybridized carbons (Fsp3) is 0.222. The van der Waals surface area contributed by atoms with Gasteiger partial charge in [0.05, 0.1) is 18.7 Å². The topological polar surface area (TPSA) is 67.9 Å². The van der Waals surface area contributed by atoms with Crippen LogP contribution in [0.15, 0.2) is 42.5 Å². The molecule has 138 valence electrons. The van der Waals surface area contributed by atoms with E-state index in [4.69, 9.17) is 32.7 Å². The number of carbonyl (C=O) groups is 2. The van der Waals surface area contributed by atoms with E-state index in [-0.39, 0.29) is 25.0 Å². The van der Waals surface area contributed by atoms with Crippen LogP contribution in [0.2, 0.25) is 10.0 Å². The highest BCUT2D eigenvalue weighted by molar-refractivity contribution is 6.35. The number of ether oxygens (including phenoxy) is 2. The number of methoxy groups -OCH3 is 1. The molecule has 0 radical (unpaired) electrons. The molecule has 26 heavy (non-hydrogen) atoms. The van der Waals surface area contributed by atoms with E-state index in [0.29, 0.717) is 27.2 Å². The Morgan fingerprint density at radius 2 is 1.92 bits per heavy atom. The molecule has 0 spiro atoms. The van der Waals surface area contributed by atoms with Crippen LogP contribution in [0.1, 0.15) is 0 Å². The lowest BCUT2D eigenvalue weighted by Gasteiger charge is -2.17. The Balaban J connectivity index is 1.84. The van der Waals surface area contributed by atoms with E-state index in [1.165, 1.54) is 18.0 Å². The predicted molar refractivity (Wildman–Crippen MR) is 101 cm³/mol. The van der Waals surface area contributed by atoms with Gasteiger partial charge in [0, 0.05) is 23.8 Å². The summed E-state index contributed by atoms with van der Waals surface area (Å²) in [6.45, 7) is -0.363. The van der Waals surface area contributed by atoms with E-state index in [9.17, 15) is 9.59 Å². The van der Waals surface area contributed by atoms with Gasteiger partial charge in [-0.25, -0.2) is 0 Å². The Morgan fingerprint density at radius 1 is 1.15 bits per heavy atom. The zero-order valence-corrected chi connectivity index (χ0v) is 15.8. The van der Waals surface area contributed by atoms with E-state index >= 15 is 0 Å². The number of amides is 2. The third kappa shape index (κ3) is 5.82. The van der Waals surface area contributed by atoms with Gasteiger partial charge in [-0.3, -0.25) is 9.59 Å². The van der Waals surface area contributed by atoms with Crippen LogP contribution in [0.5, 0.6) is 11.5 Å². The number of rotatable bonds is 7. The third-order valence-corrected chi connectivity index (χ3v) is 3.94. The zero-order chi connectivity index (χ0) is 19.1. The fourth-order valence-electron chi connectivity index (χ4n) is 2.05. The standard InChI is InChI=1S/C18H18Cl2N2O4/c1-22(10-17(23)21-13-4-3-5-14(9-13)25-2)18(24)11-26-16-7-6-12(19)8-15(16)20/h3-9H,10-11H2,1-2H3,(H,21,23). The molecule has 0 heterocycles. The minimum absolute atomic E-state index is 0.117. The largest absolute Gasteiger partial charge is 0.497 e. The van der Waals surface area contributed by atoms with Gasteiger partial charge < -0.3 is 19.7 Å². The number of carbonyl (C=O) groups excluding carboxylic acids is 2. The summed E-state index contributed by atoms with van der Waals surface area (Å²) in [5.74, 6) is 0.273. The van der Waals surface area contributed by atoms with Crippen molar-refractivity contribution in [3.05, 3.63) is 52.5 Å². The molecule has 0 saturated carbocycles. The molecule has 0 aliphatic heterocycles. The van der Waals surface area contributed by atoms with Gasteiger partial charge in [0.25, 0.3) is 5.91 Å². The lowest BCUT2D eigenvalue weighted by atomic mass is 10.3. The van der Waals surface area contributed by atoms with Crippen molar-refractivity contribution >= 4 is 40.7 Å². The lowest BCUT2D eigenvalue weighted by Crippen LogP contribution is -2.37. The first-order valence-electron chi connectivity index (χ1n) is 7.64.